The number of urea groups is 1. The number of allylic oxidation sites excluding steroid dienone is 4. The number of nitrogens with one attached hydrogen (secondary N) is 1. The van der Waals surface area contributed by atoms with Crippen LogP contribution in [0.4, 0.5) is 18.0 Å². The van der Waals surface area contributed by atoms with Crippen LogP contribution in [0.25, 0.3) is 0 Å². The molecule has 0 aromatic heterocycles. The van der Waals surface area contributed by atoms with E-state index >= 15 is 0 Å². The number of amides is 2. The van der Waals surface area contributed by atoms with Gasteiger partial charge in [-0.25, -0.2) is 4.79 Å². The topological polar surface area (TPSA) is 58.6 Å². The van der Waals surface area contributed by atoms with Crippen LogP contribution < -0.4 is 5.32 Å². The smallest absolute Gasteiger partial charge is 0.368 e. The van der Waals surface area contributed by atoms with Crippen molar-refractivity contribution in [3.8, 4) is 0 Å². The predicted molar refractivity (Wildman–Crippen MR) is 74.6 cm³/mol. The highest BCUT2D eigenvalue weighted by Gasteiger charge is 2.47. The van der Waals surface area contributed by atoms with Crippen LogP contribution in [0.15, 0.2) is 22.9 Å². The number of alkyl halides is 3. The van der Waals surface area contributed by atoms with Crippen LogP contribution in [-0.2, 0) is 9.53 Å². The van der Waals surface area contributed by atoms with Crippen molar-refractivity contribution in [2.24, 2.45) is 5.92 Å². The Morgan fingerprint density at radius 1 is 1.43 bits per heavy atom. The highest BCUT2D eigenvalue weighted by Crippen LogP contribution is 2.36. The lowest BCUT2D eigenvalue weighted by Crippen LogP contribution is -2.47. The molecule has 5 nitrogen and oxygen atoms in total. The minimum atomic E-state index is -4.40. The van der Waals surface area contributed by atoms with E-state index in [1.54, 1.807) is 0 Å². The van der Waals surface area contributed by atoms with Gasteiger partial charge in [0.05, 0.1) is 17.1 Å². The van der Waals surface area contributed by atoms with Crippen molar-refractivity contribution in [2.45, 2.75) is 31.2 Å². The third-order valence-electron chi connectivity index (χ3n) is 4.24. The van der Waals surface area contributed by atoms with Gasteiger partial charge in [0.15, 0.2) is 5.78 Å². The lowest BCUT2D eigenvalue weighted by molar-refractivity contribution is -0.161. The minimum Gasteiger partial charge on any atom is -0.368 e. The van der Waals surface area contributed by atoms with Crippen molar-refractivity contribution in [2.75, 3.05) is 13.2 Å². The maximum Gasteiger partial charge on any atom is 0.395 e. The zero-order chi connectivity index (χ0) is 16.8. The van der Waals surface area contributed by atoms with Gasteiger partial charge in [0.25, 0.3) is 0 Å². The van der Waals surface area contributed by atoms with Gasteiger partial charge in [-0.2, -0.15) is 13.2 Å². The van der Waals surface area contributed by atoms with Crippen LogP contribution in [0.5, 0.6) is 0 Å². The number of carbonyl (C=O) groups is 2. The Hall–Kier alpha value is -1.54. The molecule has 3 rings (SSSR count). The quantitative estimate of drug-likeness (QED) is 0.789. The number of carbonyl (C=O) groups excluding carboxylic acids is 2. The number of ketones is 1. The van der Waals surface area contributed by atoms with Crippen molar-refractivity contribution in [1.82, 2.24) is 10.2 Å². The largest absolute Gasteiger partial charge is 0.395 e. The van der Waals surface area contributed by atoms with Gasteiger partial charge in [0.1, 0.15) is 12.6 Å². The molecule has 2 aliphatic heterocycles. The van der Waals surface area contributed by atoms with Crippen LogP contribution in [0.1, 0.15) is 12.8 Å². The molecule has 2 saturated heterocycles. The third-order valence-corrected chi connectivity index (χ3v) is 4.59. The highest BCUT2D eigenvalue weighted by atomic mass is 35.5. The molecule has 23 heavy (non-hydrogen) atoms. The summed E-state index contributed by atoms with van der Waals surface area (Å²) >= 11 is 5.89. The molecule has 1 N–H and O–H groups in total. The molecule has 2 heterocycles. The first kappa shape index (κ1) is 16.3. The molecule has 1 unspecified atom stereocenters. The van der Waals surface area contributed by atoms with Gasteiger partial charge in [-0.3, -0.25) is 4.79 Å². The molecular weight excluding hydrogens is 337 g/mol. The van der Waals surface area contributed by atoms with Crippen molar-refractivity contribution >= 4 is 23.4 Å². The van der Waals surface area contributed by atoms with Gasteiger partial charge in [0.2, 0.25) is 0 Å². The number of halogens is 4. The maximum atomic E-state index is 12.8. The average molecular weight is 351 g/mol. The van der Waals surface area contributed by atoms with E-state index in [9.17, 15) is 22.8 Å². The first-order valence-electron chi connectivity index (χ1n) is 7.13. The molecule has 0 spiro atoms. The summed E-state index contributed by atoms with van der Waals surface area (Å²) in [6, 6.07) is -1.28. The number of rotatable bonds is 1. The van der Waals surface area contributed by atoms with Crippen LogP contribution in [0.2, 0.25) is 0 Å². The fraction of sp³-hybridized carbons (Fsp3) is 0.571. The molecule has 3 atom stereocenters. The summed E-state index contributed by atoms with van der Waals surface area (Å²) in [7, 11) is 0. The summed E-state index contributed by atoms with van der Waals surface area (Å²) in [6.07, 6.45) is -2.53. The van der Waals surface area contributed by atoms with Crippen molar-refractivity contribution in [3.63, 3.8) is 0 Å². The fourth-order valence-electron chi connectivity index (χ4n) is 3.05. The Morgan fingerprint density at radius 2 is 2.17 bits per heavy atom. The van der Waals surface area contributed by atoms with Gasteiger partial charge in [-0.1, -0.05) is 17.7 Å². The molecule has 0 aromatic rings. The van der Waals surface area contributed by atoms with E-state index in [1.807, 2.05) is 0 Å². The van der Waals surface area contributed by atoms with Crippen molar-refractivity contribution in [1.29, 1.82) is 0 Å². The number of hydrogen-bond acceptors (Lipinski definition) is 3. The molecule has 0 radical (unpaired) electrons. The van der Waals surface area contributed by atoms with E-state index < -0.39 is 30.6 Å². The molecule has 2 amide bonds. The lowest BCUT2D eigenvalue weighted by Gasteiger charge is -2.26. The number of likely N-dealkylation sites (tertiary alicyclic amines) is 1. The van der Waals surface area contributed by atoms with E-state index in [1.165, 1.54) is 4.90 Å². The Bertz CT molecular complexity index is 603. The second-order valence-corrected chi connectivity index (χ2v) is 6.12. The van der Waals surface area contributed by atoms with Gasteiger partial charge < -0.3 is 15.0 Å². The van der Waals surface area contributed by atoms with Gasteiger partial charge in [0, 0.05) is 18.7 Å². The van der Waals surface area contributed by atoms with E-state index in [2.05, 4.69) is 5.32 Å². The number of fused-ring (bicyclic) bond motifs is 1. The van der Waals surface area contributed by atoms with Gasteiger partial charge >= 0.3 is 12.2 Å². The standard InChI is InChI=1S/C14H14ClF3N2O3/c15-8-2-1-7(14(16,17)18)5-9(8)19-13(22)20-4-3-11-12(20)10(21)6-23-11/h1-2,7,11-12H,3-6H2,(H,19,22)/t7?,11-,12-/m1/s1. The monoisotopic (exact) mass is 350 g/mol. The fourth-order valence-corrected chi connectivity index (χ4v) is 3.24. The maximum absolute atomic E-state index is 12.8. The molecular formula is C14H14ClF3N2O3. The molecule has 3 aliphatic rings. The SMILES string of the molecule is O=C1CO[C@@H]2CCN(C(=O)NC3=C(Cl)C=CC(C(F)(F)F)C3)[C@H]12. The van der Waals surface area contributed by atoms with E-state index in [-0.39, 0.29) is 29.2 Å². The van der Waals surface area contributed by atoms with Crippen LogP contribution >= 0.6 is 11.6 Å². The van der Waals surface area contributed by atoms with Crippen LogP contribution in [-0.4, -0.2) is 48.2 Å². The molecule has 2 fully saturated rings. The van der Waals surface area contributed by atoms with Gasteiger partial charge in [-0.05, 0) is 12.5 Å². The third kappa shape index (κ3) is 3.10. The summed E-state index contributed by atoms with van der Waals surface area (Å²) in [5.74, 6) is -1.89. The molecule has 126 valence electrons. The first-order chi connectivity index (χ1) is 10.8. The first-order valence-corrected chi connectivity index (χ1v) is 7.50. The summed E-state index contributed by atoms with van der Waals surface area (Å²) in [6.45, 7) is 0.276. The van der Waals surface area contributed by atoms with Crippen molar-refractivity contribution < 1.29 is 27.5 Å². The second-order valence-electron chi connectivity index (χ2n) is 5.71. The van der Waals surface area contributed by atoms with Crippen LogP contribution in [0, 0.1) is 5.92 Å². The predicted octanol–water partition coefficient (Wildman–Crippen LogP) is 2.33. The van der Waals surface area contributed by atoms with E-state index in [4.69, 9.17) is 16.3 Å². The second kappa shape index (κ2) is 5.83. The number of Topliss-reactive ketones (excluding diaryl/α,β-unsaturated/α-hetero) is 1. The molecule has 0 aromatic carbocycles. The molecule has 0 bridgehead atoms. The lowest BCUT2D eigenvalue weighted by atomic mass is 9.97. The van der Waals surface area contributed by atoms with Gasteiger partial charge in [-0.15, -0.1) is 0 Å². The van der Waals surface area contributed by atoms with Crippen molar-refractivity contribution in [3.05, 3.63) is 22.9 Å². The average Bonchev–Trinajstić information content (AvgIpc) is 3.03. The summed E-state index contributed by atoms with van der Waals surface area (Å²) in [5.41, 5.74) is 0.0105. The minimum absolute atomic E-state index is 0.0105. The highest BCUT2D eigenvalue weighted by molar-refractivity contribution is 6.31. The summed E-state index contributed by atoms with van der Waals surface area (Å²) < 4.78 is 43.7. The molecule has 9 heteroatoms. The van der Waals surface area contributed by atoms with E-state index in [0.717, 1.165) is 12.2 Å². The number of nitrogens with zero attached hydrogens (tertiary/aromatic N) is 1. The van der Waals surface area contributed by atoms with Crippen LogP contribution in [0.3, 0.4) is 0 Å². The Balaban J connectivity index is 1.70. The Kier molecular flexibility index (Phi) is 4.14. The summed E-state index contributed by atoms with van der Waals surface area (Å²) in [5, 5.41) is 2.48. The summed E-state index contributed by atoms with van der Waals surface area (Å²) in [4.78, 5) is 25.4. The zero-order valence-electron chi connectivity index (χ0n) is 11.9. The number of ether oxygens (including phenoxy) is 1. The zero-order valence-corrected chi connectivity index (χ0v) is 12.7. The Morgan fingerprint density at radius 3 is 2.87 bits per heavy atom. The molecule has 0 saturated carbocycles. The Labute approximate surface area is 135 Å². The number of hydrogen-bond donors (Lipinski definition) is 1. The normalized spacial score (nSPS) is 30.9. The van der Waals surface area contributed by atoms with E-state index in [0.29, 0.717) is 13.0 Å². The molecule has 1 aliphatic carbocycles.